The first-order valence-corrected chi connectivity index (χ1v) is 18.7. The van der Waals surface area contributed by atoms with Crippen molar-refractivity contribution in [3.05, 3.63) is 89.7 Å². The van der Waals surface area contributed by atoms with Gasteiger partial charge in [0.2, 0.25) is 0 Å². The Morgan fingerprint density at radius 1 is 1.02 bits per heavy atom. The molecule has 2 heterocycles. The van der Waals surface area contributed by atoms with Gasteiger partial charge in [-0.05, 0) is 66.6 Å². The van der Waals surface area contributed by atoms with Gasteiger partial charge in [-0.1, -0.05) is 42.6 Å². The number of aromatic nitrogens is 3. The number of amides is 1. The van der Waals surface area contributed by atoms with Crippen molar-refractivity contribution in [1.82, 2.24) is 15.0 Å². The second-order valence-corrected chi connectivity index (χ2v) is 17.1. The zero-order chi connectivity index (χ0) is 32.8. The van der Waals surface area contributed by atoms with Crippen LogP contribution < -0.4 is 24.7 Å². The molecule has 1 aromatic heterocycles. The van der Waals surface area contributed by atoms with E-state index in [1.807, 2.05) is 41.2 Å². The van der Waals surface area contributed by atoms with Crippen LogP contribution in [-0.4, -0.2) is 68.1 Å². The number of aliphatic hydroxyl groups is 1. The summed E-state index contributed by atoms with van der Waals surface area (Å²) < 4.78 is 25.6. The smallest absolute Gasteiger partial charge is 0.255 e. The van der Waals surface area contributed by atoms with E-state index in [1.54, 1.807) is 45.6 Å². The summed E-state index contributed by atoms with van der Waals surface area (Å²) >= 11 is 0. The SMILES string of the molecule is COc1ccc(C(=O)Nc2ccc3c(c2)[C@@H](OC)[C@H](C)[C@@H](C(CCn2cc(CCO)nn2)[Si](C)(C)c2ccc(OC)cc2)O3)cc1. The van der Waals surface area contributed by atoms with E-state index >= 15 is 0 Å². The molecule has 0 saturated carbocycles. The molecule has 1 aliphatic heterocycles. The minimum atomic E-state index is -2.18. The number of anilines is 1. The molecule has 0 aliphatic carbocycles. The number of benzene rings is 3. The van der Waals surface area contributed by atoms with E-state index < -0.39 is 8.07 Å². The van der Waals surface area contributed by atoms with Gasteiger partial charge in [-0.3, -0.25) is 9.48 Å². The molecule has 3 aromatic carbocycles. The lowest BCUT2D eigenvalue weighted by Crippen LogP contribution is -2.54. The molecule has 0 bridgehead atoms. The normalized spacial score (nSPS) is 18.3. The van der Waals surface area contributed by atoms with Gasteiger partial charge in [0.25, 0.3) is 5.91 Å². The summed E-state index contributed by atoms with van der Waals surface area (Å²) in [5.74, 6) is 2.09. The Labute approximate surface area is 271 Å². The highest BCUT2D eigenvalue weighted by Crippen LogP contribution is 2.47. The molecule has 0 radical (unpaired) electrons. The summed E-state index contributed by atoms with van der Waals surface area (Å²) in [6, 6.07) is 21.2. The topological polar surface area (TPSA) is 117 Å². The summed E-state index contributed by atoms with van der Waals surface area (Å²) in [6.45, 7) is 7.68. The lowest BCUT2D eigenvalue weighted by Gasteiger charge is -2.46. The molecule has 5 rings (SSSR count). The first-order chi connectivity index (χ1) is 22.2. The molecule has 1 unspecified atom stereocenters. The molecule has 2 N–H and O–H groups in total. The van der Waals surface area contributed by atoms with Crippen molar-refractivity contribution in [2.24, 2.45) is 5.92 Å². The maximum Gasteiger partial charge on any atom is 0.255 e. The Kier molecular flexibility index (Phi) is 10.4. The van der Waals surface area contributed by atoms with Crippen molar-refractivity contribution in [2.75, 3.05) is 33.3 Å². The Bertz CT molecular complexity index is 1610. The number of rotatable bonds is 13. The third-order valence-corrected chi connectivity index (χ3v) is 13.5. The number of hydrogen-bond donors (Lipinski definition) is 2. The van der Waals surface area contributed by atoms with Crippen molar-refractivity contribution >= 4 is 24.9 Å². The number of hydrogen-bond acceptors (Lipinski definition) is 8. The Hall–Kier alpha value is -4.19. The van der Waals surface area contributed by atoms with Gasteiger partial charge in [0.1, 0.15) is 23.4 Å². The molecular weight excluding hydrogens is 600 g/mol. The number of methoxy groups -OCH3 is 3. The van der Waals surface area contributed by atoms with Crippen molar-refractivity contribution in [1.29, 1.82) is 0 Å². The molecule has 11 heteroatoms. The zero-order valence-corrected chi connectivity index (χ0v) is 28.4. The van der Waals surface area contributed by atoms with E-state index in [2.05, 4.69) is 47.8 Å². The number of nitrogens with one attached hydrogen (secondary N) is 1. The number of ether oxygens (including phenoxy) is 4. The van der Waals surface area contributed by atoms with Crippen molar-refractivity contribution in [3.8, 4) is 17.2 Å². The average molecular weight is 645 g/mol. The highest BCUT2D eigenvalue weighted by atomic mass is 28.3. The quantitative estimate of drug-likeness (QED) is 0.190. The van der Waals surface area contributed by atoms with Crippen LogP contribution >= 0.6 is 0 Å². The van der Waals surface area contributed by atoms with Crippen LogP contribution in [0.15, 0.2) is 72.9 Å². The predicted molar refractivity (Wildman–Crippen MR) is 180 cm³/mol. The largest absolute Gasteiger partial charge is 0.497 e. The van der Waals surface area contributed by atoms with Gasteiger partial charge < -0.3 is 29.4 Å². The second kappa shape index (κ2) is 14.5. The maximum absolute atomic E-state index is 13.0. The number of fused-ring (bicyclic) bond motifs is 1. The molecule has 0 fully saturated rings. The molecule has 0 spiro atoms. The number of carbonyl (C=O) groups is 1. The molecule has 0 saturated heterocycles. The number of aryl methyl sites for hydroxylation is 1. The van der Waals surface area contributed by atoms with Gasteiger partial charge in [-0.15, -0.1) is 5.10 Å². The Morgan fingerprint density at radius 3 is 2.33 bits per heavy atom. The highest BCUT2D eigenvalue weighted by Gasteiger charge is 2.47. The standard InChI is InChI=1S/C35H44N4O6Si/c1-23-33(44-4)30-21-25(36-35(41)24-7-10-27(42-2)11-8-24)9-16-31(30)45-34(23)32(17-19-39-22-26(18-20-40)37-38-39)46(5,6)29-14-12-28(43-3)13-15-29/h7-16,21-23,32-34,40H,17-20H2,1-6H3,(H,36,41)/t23-,32?,33-,34-/m0/s1. The van der Waals surface area contributed by atoms with Crippen LogP contribution in [0.3, 0.4) is 0 Å². The van der Waals surface area contributed by atoms with Crippen LogP contribution in [0.2, 0.25) is 18.6 Å². The summed E-state index contributed by atoms with van der Waals surface area (Å²) in [5.41, 5.74) is 3.07. The second-order valence-electron chi connectivity index (χ2n) is 12.3. The van der Waals surface area contributed by atoms with Crippen LogP contribution in [0.1, 0.15) is 41.1 Å². The fourth-order valence-electron chi connectivity index (χ4n) is 6.52. The van der Waals surface area contributed by atoms with Crippen LogP contribution in [0.5, 0.6) is 17.2 Å². The summed E-state index contributed by atoms with van der Waals surface area (Å²) in [6.07, 6.45) is 2.84. The lowest BCUT2D eigenvalue weighted by molar-refractivity contribution is -0.0233. The molecule has 244 valence electrons. The van der Waals surface area contributed by atoms with Crippen LogP contribution in [0.4, 0.5) is 5.69 Å². The van der Waals surface area contributed by atoms with Gasteiger partial charge in [0.15, 0.2) is 0 Å². The third-order valence-electron chi connectivity index (χ3n) is 9.22. The minimum absolute atomic E-state index is 0.0146. The predicted octanol–water partition coefficient (Wildman–Crippen LogP) is 5.24. The van der Waals surface area contributed by atoms with Gasteiger partial charge in [-0.2, -0.15) is 0 Å². The molecule has 46 heavy (non-hydrogen) atoms. The zero-order valence-electron chi connectivity index (χ0n) is 27.4. The van der Waals surface area contributed by atoms with Crippen LogP contribution in [0, 0.1) is 5.92 Å². The molecule has 1 aliphatic rings. The van der Waals surface area contributed by atoms with E-state index in [4.69, 9.17) is 18.9 Å². The fourth-order valence-corrected chi connectivity index (χ4v) is 10.0. The Balaban J connectivity index is 1.43. The van der Waals surface area contributed by atoms with E-state index in [0.717, 1.165) is 29.2 Å². The van der Waals surface area contributed by atoms with Gasteiger partial charge in [0.05, 0.1) is 34.1 Å². The van der Waals surface area contributed by atoms with Gasteiger partial charge in [-0.25, -0.2) is 0 Å². The highest BCUT2D eigenvalue weighted by molar-refractivity contribution is 6.91. The Morgan fingerprint density at radius 2 is 1.70 bits per heavy atom. The molecule has 4 atom stereocenters. The number of aliphatic hydroxyl groups excluding tert-OH is 1. The summed E-state index contributed by atoms with van der Waals surface area (Å²) in [4.78, 5) is 13.0. The van der Waals surface area contributed by atoms with E-state index in [-0.39, 0.29) is 36.2 Å². The van der Waals surface area contributed by atoms with Crippen molar-refractivity contribution in [3.63, 3.8) is 0 Å². The van der Waals surface area contributed by atoms with Crippen LogP contribution in [0.25, 0.3) is 0 Å². The van der Waals surface area contributed by atoms with Crippen LogP contribution in [-0.2, 0) is 17.7 Å². The summed E-state index contributed by atoms with van der Waals surface area (Å²) in [7, 11) is 2.83. The van der Waals surface area contributed by atoms with Crippen molar-refractivity contribution in [2.45, 2.75) is 57.2 Å². The first kappa shape index (κ1) is 33.2. The maximum atomic E-state index is 13.0. The third kappa shape index (κ3) is 7.11. The first-order valence-electron chi connectivity index (χ1n) is 15.6. The molecule has 4 aromatic rings. The van der Waals surface area contributed by atoms with Gasteiger partial charge >= 0.3 is 0 Å². The molecular formula is C35H44N4O6Si. The van der Waals surface area contributed by atoms with E-state index in [1.165, 1.54) is 5.19 Å². The number of carbonyl (C=O) groups excluding carboxylic acids is 1. The van der Waals surface area contributed by atoms with Crippen molar-refractivity contribution < 1.29 is 28.8 Å². The molecule has 10 nitrogen and oxygen atoms in total. The van der Waals surface area contributed by atoms with Gasteiger partial charge in [0, 0.05) is 55.6 Å². The average Bonchev–Trinajstić information content (AvgIpc) is 3.52. The number of nitrogens with zero attached hydrogens (tertiary/aromatic N) is 3. The van der Waals surface area contributed by atoms with E-state index in [9.17, 15) is 9.90 Å². The molecule has 1 amide bonds. The minimum Gasteiger partial charge on any atom is -0.497 e. The lowest BCUT2D eigenvalue weighted by atomic mass is 9.86. The fraction of sp³-hybridized carbons (Fsp3) is 0.400. The summed E-state index contributed by atoms with van der Waals surface area (Å²) in [5, 5.41) is 22.2. The van der Waals surface area contributed by atoms with E-state index in [0.29, 0.717) is 30.0 Å². The monoisotopic (exact) mass is 644 g/mol.